The van der Waals surface area contributed by atoms with E-state index < -0.39 is 17.6 Å². The summed E-state index contributed by atoms with van der Waals surface area (Å²) >= 11 is 0. The summed E-state index contributed by atoms with van der Waals surface area (Å²) in [6.45, 7) is 2.54. The van der Waals surface area contributed by atoms with Crippen LogP contribution in [-0.4, -0.2) is 67.3 Å². The topological polar surface area (TPSA) is 101 Å². The molecule has 1 spiro atoms. The van der Waals surface area contributed by atoms with Crippen LogP contribution in [0.4, 0.5) is 16.0 Å². The van der Waals surface area contributed by atoms with Crippen LogP contribution in [-0.2, 0) is 14.3 Å². The van der Waals surface area contributed by atoms with Crippen molar-refractivity contribution in [1.29, 1.82) is 0 Å². The van der Waals surface area contributed by atoms with Gasteiger partial charge in [0.1, 0.15) is 5.82 Å². The van der Waals surface area contributed by atoms with Gasteiger partial charge >= 0.3 is 5.97 Å². The molecule has 1 aromatic heterocycles. The maximum absolute atomic E-state index is 15.0. The smallest absolute Gasteiger partial charge is 0.333 e. The van der Waals surface area contributed by atoms with Crippen molar-refractivity contribution in [2.24, 2.45) is 11.7 Å². The zero-order valence-electron chi connectivity index (χ0n) is 15.4. The summed E-state index contributed by atoms with van der Waals surface area (Å²) in [6.07, 6.45) is 3.50. The fourth-order valence-electron chi connectivity index (χ4n) is 4.43. The van der Waals surface area contributed by atoms with Crippen molar-refractivity contribution in [2.45, 2.75) is 24.7 Å². The number of aliphatic carboxylic acids is 1. The fraction of sp³-hybridized carbons (Fsp3) is 0.579. The highest BCUT2D eigenvalue weighted by Crippen LogP contribution is 2.41. The molecule has 1 atom stereocenters. The average molecular weight is 390 g/mol. The molecule has 150 valence electrons. The van der Waals surface area contributed by atoms with Gasteiger partial charge in [0.05, 0.1) is 31.9 Å². The Labute approximate surface area is 161 Å². The minimum atomic E-state index is -0.983. The molecular formula is C19H23FN4O4. The second kappa shape index (κ2) is 6.40. The second-order valence-corrected chi connectivity index (χ2v) is 7.86. The second-order valence-electron chi connectivity index (χ2n) is 7.86. The Balaban J connectivity index is 1.52. The summed E-state index contributed by atoms with van der Waals surface area (Å²) in [4.78, 5) is 19.9. The highest BCUT2D eigenvalue weighted by atomic mass is 19.1. The average Bonchev–Trinajstić information content (AvgIpc) is 3.32. The van der Waals surface area contributed by atoms with Crippen LogP contribution in [0.3, 0.4) is 0 Å². The first-order valence-corrected chi connectivity index (χ1v) is 9.65. The number of fused-ring (bicyclic) bond motifs is 1. The van der Waals surface area contributed by atoms with Gasteiger partial charge in [-0.1, -0.05) is 0 Å². The lowest BCUT2D eigenvalue weighted by Gasteiger charge is -2.31. The molecule has 5 rings (SSSR count). The minimum Gasteiger partial charge on any atom is -0.478 e. The number of hydrogen-bond donors (Lipinski definition) is 2. The molecule has 4 aliphatic rings. The van der Waals surface area contributed by atoms with E-state index in [1.54, 1.807) is 0 Å². The van der Waals surface area contributed by atoms with Gasteiger partial charge in [0.15, 0.2) is 17.4 Å². The molecule has 2 saturated heterocycles. The van der Waals surface area contributed by atoms with E-state index in [-0.39, 0.29) is 29.9 Å². The van der Waals surface area contributed by atoms with E-state index in [2.05, 4.69) is 4.98 Å². The molecule has 3 N–H and O–H groups in total. The van der Waals surface area contributed by atoms with Crippen molar-refractivity contribution in [2.75, 3.05) is 49.2 Å². The maximum Gasteiger partial charge on any atom is 0.333 e. The third kappa shape index (κ3) is 2.76. The Morgan fingerprint density at radius 1 is 1.36 bits per heavy atom. The van der Waals surface area contributed by atoms with Crippen LogP contribution >= 0.6 is 0 Å². The third-order valence-corrected chi connectivity index (χ3v) is 6.00. The lowest BCUT2D eigenvalue weighted by Crippen LogP contribution is -2.42. The van der Waals surface area contributed by atoms with Gasteiger partial charge < -0.3 is 30.1 Å². The van der Waals surface area contributed by atoms with E-state index in [1.807, 2.05) is 9.80 Å². The summed E-state index contributed by atoms with van der Waals surface area (Å²) in [5, 5.41) is 9.40. The Morgan fingerprint density at radius 3 is 2.75 bits per heavy atom. The molecule has 4 heterocycles. The van der Waals surface area contributed by atoms with Gasteiger partial charge in [0.25, 0.3) is 0 Å². The Bertz CT molecular complexity index is 851. The van der Waals surface area contributed by atoms with Crippen molar-refractivity contribution < 1.29 is 23.8 Å². The van der Waals surface area contributed by atoms with Crippen LogP contribution in [0.2, 0.25) is 0 Å². The fourth-order valence-corrected chi connectivity index (χ4v) is 4.43. The first kappa shape index (κ1) is 17.8. The van der Waals surface area contributed by atoms with Gasteiger partial charge in [0, 0.05) is 30.6 Å². The monoisotopic (exact) mass is 390 g/mol. The predicted octanol–water partition coefficient (Wildman–Crippen LogP) is 0.809. The molecule has 1 saturated carbocycles. The lowest BCUT2D eigenvalue weighted by molar-refractivity contribution is -0.166. The molecule has 1 unspecified atom stereocenters. The maximum atomic E-state index is 15.0. The van der Waals surface area contributed by atoms with Crippen LogP contribution < -0.4 is 15.5 Å². The van der Waals surface area contributed by atoms with E-state index >= 15 is 0 Å². The number of carboxylic acids is 1. The number of ether oxygens (including phenoxy) is 2. The lowest BCUT2D eigenvalue weighted by atomic mass is 10.0. The number of anilines is 2. The molecule has 3 aliphatic heterocycles. The van der Waals surface area contributed by atoms with Gasteiger partial charge in [-0.3, -0.25) is 0 Å². The highest BCUT2D eigenvalue weighted by Gasteiger charge is 2.51. The molecule has 0 amide bonds. The summed E-state index contributed by atoms with van der Waals surface area (Å²) in [6, 6.07) is 1.64. The molecule has 0 bridgehead atoms. The van der Waals surface area contributed by atoms with E-state index in [0.717, 1.165) is 12.8 Å². The van der Waals surface area contributed by atoms with Crippen LogP contribution in [0.15, 0.2) is 11.6 Å². The summed E-state index contributed by atoms with van der Waals surface area (Å²) in [5.74, 6) is -1.45. The number of pyridine rings is 1. The molecule has 3 fully saturated rings. The van der Waals surface area contributed by atoms with Crippen LogP contribution in [0.25, 0.3) is 6.08 Å². The van der Waals surface area contributed by atoms with Gasteiger partial charge in [-0.2, -0.15) is 0 Å². The number of halogens is 1. The number of rotatable bonds is 4. The molecule has 0 aromatic carbocycles. The molecule has 1 aliphatic carbocycles. The summed E-state index contributed by atoms with van der Waals surface area (Å²) < 4.78 is 26.7. The van der Waals surface area contributed by atoms with Crippen molar-refractivity contribution in [3.05, 3.63) is 23.0 Å². The van der Waals surface area contributed by atoms with Gasteiger partial charge in [-0.25, -0.2) is 14.2 Å². The van der Waals surface area contributed by atoms with Crippen molar-refractivity contribution in [3.63, 3.8) is 0 Å². The molecule has 8 nitrogen and oxygen atoms in total. The van der Waals surface area contributed by atoms with E-state index in [0.29, 0.717) is 44.2 Å². The number of carboxylic acid groups (broad SMARTS) is 1. The number of carbonyl (C=O) groups is 1. The number of hydrogen-bond acceptors (Lipinski definition) is 7. The van der Waals surface area contributed by atoms with E-state index in [4.69, 9.17) is 15.2 Å². The summed E-state index contributed by atoms with van der Waals surface area (Å²) in [5.41, 5.74) is 6.68. The first-order valence-electron chi connectivity index (χ1n) is 9.65. The number of nitrogens with zero attached hydrogens (tertiary/aromatic N) is 3. The van der Waals surface area contributed by atoms with Crippen LogP contribution in [0, 0.1) is 11.7 Å². The van der Waals surface area contributed by atoms with Crippen molar-refractivity contribution in [1.82, 2.24) is 4.98 Å². The highest BCUT2D eigenvalue weighted by molar-refractivity contribution is 5.96. The number of nitrogens with two attached hydrogens (primary N) is 1. The molecular weight excluding hydrogens is 367 g/mol. The standard InChI is InChI=1S/C19H23FN4O4/c20-15-6-11-5-12(18(25)26)8-24(14-1-2-14)16(11)22-17(15)23-9-13(7-21)19(10-23)27-3-4-28-19/h5-6,13-14H,1-4,7-10,21H2,(H,25,26). The quantitative estimate of drug-likeness (QED) is 0.779. The molecule has 28 heavy (non-hydrogen) atoms. The van der Waals surface area contributed by atoms with Crippen molar-refractivity contribution in [3.8, 4) is 0 Å². The Hall–Kier alpha value is -2.23. The van der Waals surface area contributed by atoms with E-state index in [9.17, 15) is 14.3 Å². The third-order valence-electron chi connectivity index (χ3n) is 6.00. The Kier molecular flexibility index (Phi) is 4.08. The molecule has 0 radical (unpaired) electrons. The van der Waals surface area contributed by atoms with Gasteiger partial charge in [-0.05, 0) is 25.0 Å². The SMILES string of the molecule is NCC1CN(c2nc3c(cc2F)C=C(C(=O)O)CN3C2CC2)CC12OCCO2. The Morgan fingerprint density at radius 2 is 2.11 bits per heavy atom. The predicted molar refractivity (Wildman–Crippen MR) is 99.6 cm³/mol. The zero-order chi connectivity index (χ0) is 19.5. The van der Waals surface area contributed by atoms with Crippen molar-refractivity contribution >= 4 is 23.7 Å². The minimum absolute atomic E-state index is 0.0646. The molecule has 9 heteroatoms. The van der Waals surface area contributed by atoms with Gasteiger partial charge in [0.2, 0.25) is 0 Å². The van der Waals surface area contributed by atoms with Crippen LogP contribution in [0.5, 0.6) is 0 Å². The largest absolute Gasteiger partial charge is 0.478 e. The first-order chi connectivity index (χ1) is 13.5. The van der Waals surface area contributed by atoms with Crippen LogP contribution in [0.1, 0.15) is 18.4 Å². The van der Waals surface area contributed by atoms with Gasteiger partial charge in [-0.15, -0.1) is 0 Å². The normalized spacial score (nSPS) is 25.9. The zero-order valence-corrected chi connectivity index (χ0v) is 15.4. The molecule has 1 aromatic rings. The van der Waals surface area contributed by atoms with E-state index in [1.165, 1.54) is 12.1 Å². The summed E-state index contributed by atoms with van der Waals surface area (Å²) in [7, 11) is 0. The number of aromatic nitrogens is 1.